The van der Waals surface area contributed by atoms with Crippen molar-refractivity contribution >= 4 is 29.6 Å². The molecule has 0 aliphatic carbocycles. The zero-order valence-electron chi connectivity index (χ0n) is 18.7. The van der Waals surface area contributed by atoms with Crippen LogP contribution in [0.5, 0.6) is 0 Å². The van der Waals surface area contributed by atoms with Gasteiger partial charge in [-0.25, -0.2) is 4.79 Å². The number of aromatic nitrogens is 3. The summed E-state index contributed by atoms with van der Waals surface area (Å²) in [5.74, 6) is 0.395. The largest absolute Gasteiger partial charge is 0.376 e. The molecular formula is C22H28N6O4S. The standard InChI is InChI=1S/C22H28N6O4S/c1-13-5-6-14(2)17(8-13)28-18(9-15-10-19(29)25-21(31)24-15)26-27-22(28)33-12-20(30)23-11-16-4-3-7-32-16/h5-6,8,15-16H,3-4,7,9-12H2,1-2H3,(H,23,30)(H2,24,25,29,31). The van der Waals surface area contributed by atoms with Crippen LogP contribution < -0.4 is 16.0 Å². The van der Waals surface area contributed by atoms with E-state index in [1.54, 1.807) is 0 Å². The summed E-state index contributed by atoms with van der Waals surface area (Å²) < 4.78 is 7.47. The molecule has 2 fully saturated rings. The predicted octanol–water partition coefficient (Wildman–Crippen LogP) is 1.41. The fourth-order valence-electron chi connectivity index (χ4n) is 3.96. The van der Waals surface area contributed by atoms with Crippen LogP contribution in [0.25, 0.3) is 5.69 Å². The number of hydrogen-bond donors (Lipinski definition) is 3. The summed E-state index contributed by atoms with van der Waals surface area (Å²) in [5, 5.41) is 17.2. The van der Waals surface area contributed by atoms with E-state index < -0.39 is 6.03 Å². The van der Waals surface area contributed by atoms with E-state index >= 15 is 0 Å². The van der Waals surface area contributed by atoms with Crippen LogP contribution in [-0.4, -0.2) is 63.7 Å². The molecule has 0 radical (unpaired) electrons. The van der Waals surface area contributed by atoms with Crippen molar-refractivity contribution in [1.29, 1.82) is 0 Å². The van der Waals surface area contributed by atoms with E-state index in [0.29, 0.717) is 23.9 Å². The fraction of sp³-hybridized carbons (Fsp3) is 0.500. The van der Waals surface area contributed by atoms with Crippen molar-refractivity contribution in [2.24, 2.45) is 0 Å². The van der Waals surface area contributed by atoms with Gasteiger partial charge in [0.05, 0.1) is 17.5 Å². The first kappa shape index (κ1) is 23.2. The molecule has 2 aliphatic rings. The first-order valence-electron chi connectivity index (χ1n) is 11.0. The zero-order chi connectivity index (χ0) is 23.4. The summed E-state index contributed by atoms with van der Waals surface area (Å²) >= 11 is 1.30. The molecule has 33 heavy (non-hydrogen) atoms. The number of nitrogens with zero attached hydrogens (tertiary/aromatic N) is 3. The minimum atomic E-state index is -0.508. The average molecular weight is 473 g/mol. The van der Waals surface area contributed by atoms with Crippen LogP contribution >= 0.6 is 11.8 Å². The number of imide groups is 1. The van der Waals surface area contributed by atoms with Crippen LogP contribution in [-0.2, 0) is 20.7 Å². The Morgan fingerprint density at radius 1 is 1.30 bits per heavy atom. The quantitative estimate of drug-likeness (QED) is 0.496. The van der Waals surface area contributed by atoms with Gasteiger partial charge in [0, 0.05) is 32.0 Å². The van der Waals surface area contributed by atoms with Crippen molar-refractivity contribution in [3.05, 3.63) is 35.2 Å². The van der Waals surface area contributed by atoms with Crippen LogP contribution in [0.4, 0.5) is 4.79 Å². The fourth-order valence-corrected chi connectivity index (χ4v) is 4.75. The molecule has 10 nitrogen and oxygen atoms in total. The Balaban J connectivity index is 1.52. The number of rotatable bonds is 8. The molecule has 2 aliphatic heterocycles. The molecule has 0 bridgehead atoms. The predicted molar refractivity (Wildman–Crippen MR) is 122 cm³/mol. The van der Waals surface area contributed by atoms with Gasteiger partial charge in [-0.05, 0) is 43.9 Å². The third-order valence-electron chi connectivity index (χ3n) is 5.64. The van der Waals surface area contributed by atoms with Gasteiger partial charge < -0.3 is 15.4 Å². The minimum Gasteiger partial charge on any atom is -0.376 e. The normalized spacial score (nSPS) is 20.4. The monoisotopic (exact) mass is 472 g/mol. The molecule has 2 aromatic rings. The highest BCUT2D eigenvalue weighted by Gasteiger charge is 2.27. The SMILES string of the molecule is Cc1ccc(C)c(-n2c(CC3CC(=O)NC(=O)N3)nnc2SCC(=O)NCC2CCCO2)c1. The van der Waals surface area contributed by atoms with Gasteiger partial charge in [-0.2, -0.15) is 0 Å². The second kappa shape index (κ2) is 10.3. The van der Waals surface area contributed by atoms with Gasteiger partial charge in [-0.1, -0.05) is 23.9 Å². The Bertz CT molecular complexity index is 1030. The zero-order valence-corrected chi connectivity index (χ0v) is 19.5. The first-order chi connectivity index (χ1) is 15.9. The van der Waals surface area contributed by atoms with E-state index in [1.165, 1.54) is 11.8 Å². The smallest absolute Gasteiger partial charge is 0.321 e. The molecule has 2 unspecified atom stereocenters. The number of amides is 4. The maximum absolute atomic E-state index is 12.4. The lowest BCUT2D eigenvalue weighted by Gasteiger charge is -2.23. The van der Waals surface area contributed by atoms with Gasteiger partial charge in [0.1, 0.15) is 5.82 Å². The molecule has 4 rings (SSSR count). The number of thioether (sulfide) groups is 1. The maximum atomic E-state index is 12.4. The number of carbonyl (C=O) groups excluding carboxylic acids is 3. The number of benzene rings is 1. The Hall–Kier alpha value is -2.92. The molecule has 1 aromatic heterocycles. The molecule has 3 heterocycles. The molecule has 1 aromatic carbocycles. The van der Waals surface area contributed by atoms with Gasteiger partial charge in [-0.15, -0.1) is 10.2 Å². The van der Waals surface area contributed by atoms with Crippen LogP contribution in [0.3, 0.4) is 0 Å². The number of carbonyl (C=O) groups is 3. The van der Waals surface area contributed by atoms with E-state index in [9.17, 15) is 14.4 Å². The number of ether oxygens (including phenoxy) is 1. The third kappa shape index (κ3) is 5.91. The summed E-state index contributed by atoms with van der Waals surface area (Å²) in [6, 6.07) is 5.20. The summed E-state index contributed by atoms with van der Waals surface area (Å²) in [4.78, 5) is 35.9. The molecule has 0 spiro atoms. The Morgan fingerprint density at radius 2 is 2.15 bits per heavy atom. The highest BCUT2D eigenvalue weighted by Crippen LogP contribution is 2.26. The van der Waals surface area contributed by atoms with Crippen LogP contribution in [0.1, 0.15) is 36.2 Å². The van der Waals surface area contributed by atoms with Gasteiger partial charge in [0.25, 0.3) is 0 Å². The Labute approximate surface area is 196 Å². The van der Waals surface area contributed by atoms with E-state index in [2.05, 4.69) is 26.1 Å². The van der Waals surface area contributed by atoms with Crippen LogP contribution in [0, 0.1) is 13.8 Å². The van der Waals surface area contributed by atoms with Crippen molar-refractivity contribution in [2.45, 2.75) is 56.8 Å². The van der Waals surface area contributed by atoms with E-state index in [4.69, 9.17) is 4.74 Å². The molecule has 4 amide bonds. The van der Waals surface area contributed by atoms with Crippen molar-refractivity contribution in [3.8, 4) is 5.69 Å². The highest BCUT2D eigenvalue weighted by atomic mass is 32.2. The molecule has 0 saturated carbocycles. The Kier molecular flexibility index (Phi) is 7.29. The summed E-state index contributed by atoms with van der Waals surface area (Å²) in [7, 11) is 0. The lowest BCUT2D eigenvalue weighted by atomic mass is 10.1. The molecule has 2 atom stereocenters. The average Bonchev–Trinajstić information content (AvgIpc) is 3.42. The summed E-state index contributed by atoms with van der Waals surface area (Å²) in [5.41, 5.74) is 3.01. The number of hydrogen-bond acceptors (Lipinski definition) is 7. The topological polar surface area (TPSA) is 127 Å². The number of urea groups is 1. The lowest BCUT2D eigenvalue weighted by molar-refractivity contribution is -0.121. The molecule has 11 heteroatoms. The maximum Gasteiger partial charge on any atom is 0.321 e. The Morgan fingerprint density at radius 3 is 2.91 bits per heavy atom. The van der Waals surface area contributed by atoms with E-state index in [-0.39, 0.29) is 36.1 Å². The molecule has 2 saturated heterocycles. The van der Waals surface area contributed by atoms with Crippen LogP contribution in [0.2, 0.25) is 0 Å². The molecule has 3 N–H and O–H groups in total. The van der Waals surface area contributed by atoms with Gasteiger partial charge in [0.15, 0.2) is 5.16 Å². The number of nitrogens with one attached hydrogen (secondary N) is 3. The van der Waals surface area contributed by atoms with Gasteiger partial charge in [0.2, 0.25) is 11.8 Å². The van der Waals surface area contributed by atoms with Gasteiger partial charge >= 0.3 is 6.03 Å². The minimum absolute atomic E-state index is 0.0899. The van der Waals surface area contributed by atoms with Gasteiger partial charge in [-0.3, -0.25) is 19.5 Å². The number of aryl methyl sites for hydroxylation is 2. The second-order valence-corrected chi connectivity index (χ2v) is 9.32. The van der Waals surface area contributed by atoms with E-state index in [0.717, 1.165) is 36.3 Å². The van der Waals surface area contributed by atoms with E-state index in [1.807, 2.05) is 36.6 Å². The van der Waals surface area contributed by atoms with Crippen molar-refractivity contribution in [1.82, 2.24) is 30.7 Å². The second-order valence-electron chi connectivity index (χ2n) is 8.38. The highest BCUT2D eigenvalue weighted by molar-refractivity contribution is 7.99. The van der Waals surface area contributed by atoms with Crippen LogP contribution in [0.15, 0.2) is 23.4 Å². The first-order valence-corrected chi connectivity index (χ1v) is 12.0. The third-order valence-corrected chi connectivity index (χ3v) is 6.57. The molecule has 176 valence electrons. The summed E-state index contributed by atoms with van der Waals surface area (Å²) in [6.45, 7) is 5.26. The summed E-state index contributed by atoms with van der Waals surface area (Å²) in [6.07, 6.45) is 2.59. The van der Waals surface area contributed by atoms with Crippen molar-refractivity contribution in [2.75, 3.05) is 18.9 Å². The van der Waals surface area contributed by atoms with Crippen molar-refractivity contribution in [3.63, 3.8) is 0 Å². The lowest BCUT2D eigenvalue weighted by Crippen LogP contribution is -2.53. The van der Waals surface area contributed by atoms with Crippen molar-refractivity contribution < 1.29 is 19.1 Å². The molecular weight excluding hydrogens is 444 g/mol.